The van der Waals surface area contributed by atoms with Gasteiger partial charge in [0.05, 0.1) is 17.8 Å². The van der Waals surface area contributed by atoms with Crippen LogP contribution in [0.1, 0.15) is 25.7 Å². The average Bonchev–Trinajstić information content (AvgIpc) is 2.38. The summed E-state index contributed by atoms with van der Waals surface area (Å²) < 4.78 is 29.8. The molecule has 6 nitrogen and oxygen atoms in total. The van der Waals surface area contributed by atoms with Crippen molar-refractivity contribution in [1.82, 2.24) is 0 Å². The Kier molecular flexibility index (Phi) is 4.85. The monoisotopic (exact) mass is 299 g/mol. The number of anilines is 2. The molecule has 2 rings (SSSR count). The number of methoxy groups -OCH3 is 1. The minimum atomic E-state index is -3.74. The summed E-state index contributed by atoms with van der Waals surface area (Å²) in [6, 6.07) is 7.31. The third kappa shape index (κ3) is 4.36. The summed E-state index contributed by atoms with van der Waals surface area (Å²) in [4.78, 5) is 0. The lowest BCUT2D eigenvalue weighted by Crippen LogP contribution is -2.37. The Balaban J connectivity index is 2.07. The first-order valence-electron chi connectivity index (χ1n) is 6.68. The molecule has 1 aliphatic rings. The minimum absolute atomic E-state index is 0.193. The molecule has 0 bridgehead atoms. The second-order valence-corrected chi connectivity index (χ2v) is 6.33. The van der Waals surface area contributed by atoms with Crippen molar-refractivity contribution in [2.45, 2.75) is 37.8 Å². The summed E-state index contributed by atoms with van der Waals surface area (Å²) in [6.07, 6.45) is 4.64. The van der Waals surface area contributed by atoms with Crippen molar-refractivity contribution < 1.29 is 13.2 Å². The van der Waals surface area contributed by atoms with E-state index in [-0.39, 0.29) is 12.1 Å². The van der Waals surface area contributed by atoms with Gasteiger partial charge in [-0.3, -0.25) is 4.72 Å². The molecule has 0 radical (unpaired) electrons. The lowest BCUT2D eigenvalue weighted by molar-refractivity contribution is 0.0606. The molecule has 1 saturated carbocycles. The van der Waals surface area contributed by atoms with Crippen molar-refractivity contribution in [1.29, 1.82) is 0 Å². The van der Waals surface area contributed by atoms with Gasteiger partial charge in [-0.05, 0) is 31.0 Å². The third-order valence-corrected chi connectivity index (χ3v) is 4.00. The maximum atomic E-state index is 11.0. The zero-order valence-corrected chi connectivity index (χ0v) is 12.3. The molecule has 20 heavy (non-hydrogen) atoms. The van der Waals surface area contributed by atoms with Crippen LogP contribution < -0.4 is 15.2 Å². The van der Waals surface area contributed by atoms with Gasteiger partial charge in [-0.1, -0.05) is 18.9 Å². The fourth-order valence-electron chi connectivity index (χ4n) is 2.59. The summed E-state index contributed by atoms with van der Waals surface area (Å²) in [6.45, 7) is 0. The molecule has 1 aromatic carbocycles. The van der Waals surface area contributed by atoms with Gasteiger partial charge in [0.25, 0.3) is 10.2 Å². The molecule has 1 aliphatic carbocycles. The van der Waals surface area contributed by atoms with Crippen molar-refractivity contribution in [3.63, 3.8) is 0 Å². The predicted molar refractivity (Wildman–Crippen MR) is 79.8 cm³/mol. The van der Waals surface area contributed by atoms with Gasteiger partial charge in [0, 0.05) is 12.8 Å². The quantitative estimate of drug-likeness (QED) is 0.771. The van der Waals surface area contributed by atoms with Crippen LogP contribution in [0, 0.1) is 0 Å². The molecule has 0 saturated heterocycles. The molecule has 4 N–H and O–H groups in total. The zero-order chi connectivity index (χ0) is 14.6. The highest BCUT2D eigenvalue weighted by atomic mass is 32.2. The molecule has 0 heterocycles. The first kappa shape index (κ1) is 15.1. The van der Waals surface area contributed by atoms with Crippen LogP contribution in [0.4, 0.5) is 11.4 Å². The van der Waals surface area contributed by atoms with Gasteiger partial charge >= 0.3 is 0 Å². The second-order valence-electron chi connectivity index (χ2n) is 5.04. The largest absolute Gasteiger partial charge is 0.380 e. The summed E-state index contributed by atoms with van der Waals surface area (Å²) in [7, 11) is -2.02. The van der Waals surface area contributed by atoms with E-state index < -0.39 is 10.2 Å². The topological polar surface area (TPSA) is 93.4 Å². The van der Waals surface area contributed by atoms with Gasteiger partial charge in [0.1, 0.15) is 0 Å². The highest BCUT2D eigenvalue weighted by Crippen LogP contribution is 2.25. The molecule has 1 aromatic rings. The average molecular weight is 299 g/mol. The van der Waals surface area contributed by atoms with E-state index in [0.717, 1.165) is 18.5 Å². The van der Waals surface area contributed by atoms with Crippen LogP contribution in [0.5, 0.6) is 0 Å². The molecule has 2 atom stereocenters. The van der Waals surface area contributed by atoms with Crippen LogP contribution >= 0.6 is 0 Å². The van der Waals surface area contributed by atoms with Crippen molar-refractivity contribution in [2.75, 3.05) is 17.1 Å². The lowest BCUT2D eigenvalue weighted by atomic mass is 9.92. The Morgan fingerprint density at radius 3 is 2.65 bits per heavy atom. The Morgan fingerprint density at radius 2 is 1.95 bits per heavy atom. The van der Waals surface area contributed by atoms with Crippen LogP contribution in [0.15, 0.2) is 24.3 Å². The fourth-order valence-corrected chi connectivity index (χ4v) is 3.05. The van der Waals surface area contributed by atoms with Crippen LogP contribution in [-0.2, 0) is 14.9 Å². The highest BCUT2D eigenvalue weighted by molar-refractivity contribution is 7.90. The Morgan fingerprint density at radius 1 is 1.25 bits per heavy atom. The van der Waals surface area contributed by atoms with Gasteiger partial charge in [-0.2, -0.15) is 8.42 Å². The number of nitrogens with one attached hydrogen (secondary N) is 2. The number of nitrogens with two attached hydrogens (primary N) is 1. The number of benzene rings is 1. The molecule has 7 heteroatoms. The molecular weight excluding hydrogens is 278 g/mol. The minimum Gasteiger partial charge on any atom is -0.380 e. The van der Waals surface area contributed by atoms with E-state index in [1.54, 1.807) is 25.3 Å². The van der Waals surface area contributed by atoms with E-state index in [0.29, 0.717) is 5.69 Å². The number of rotatable bonds is 5. The summed E-state index contributed by atoms with van der Waals surface area (Å²) in [5, 5.41) is 8.37. The highest BCUT2D eigenvalue weighted by Gasteiger charge is 2.24. The van der Waals surface area contributed by atoms with Crippen LogP contribution in [0.2, 0.25) is 0 Å². The molecule has 0 spiro atoms. The van der Waals surface area contributed by atoms with E-state index in [1.807, 2.05) is 6.07 Å². The first-order chi connectivity index (χ1) is 9.48. The Bertz CT molecular complexity index is 548. The molecule has 0 aromatic heterocycles. The molecule has 112 valence electrons. The zero-order valence-electron chi connectivity index (χ0n) is 11.5. The van der Waals surface area contributed by atoms with E-state index in [2.05, 4.69) is 10.0 Å². The molecule has 1 fully saturated rings. The van der Waals surface area contributed by atoms with E-state index >= 15 is 0 Å². The Hall–Kier alpha value is -1.31. The molecule has 0 aliphatic heterocycles. The van der Waals surface area contributed by atoms with Crippen molar-refractivity contribution >= 4 is 21.6 Å². The number of ether oxygens (including phenoxy) is 1. The number of hydrogen-bond acceptors (Lipinski definition) is 4. The maximum Gasteiger partial charge on any atom is 0.296 e. The normalized spacial score (nSPS) is 23.3. The van der Waals surface area contributed by atoms with Crippen molar-refractivity contribution in [3.8, 4) is 0 Å². The molecule has 0 amide bonds. The van der Waals surface area contributed by atoms with Gasteiger partial charge in [-0.25, -0.2) is 5.14 Å². The van der Waals surface area contributed by atoms with Gasteiger partial charge in [-0.15, -0.1) is 0 Å². The van der Waals surface area contributed by atoms with E-state index in [4.69, 9.17) is 9.88 Å². The lowest BCUT2D eigenvalue weighted by Gasteiger charge is -2.31. The summed E-state index contributed by atoms with van der Waals surface area (Å²) in [5.41, 5.74) is 1.30. The molecular formula is C13H21N3O3S. The smallest absolute Gasteiger partial charge is 0.296 e. The van der Waals surface area contributed by atoms with Crippen molar-refractivity contribution in [2.24, 2.45) is 5.14 Å². The van der Waals surface area contributed by atoms with Gasteiger partial charge < -0.3 is 10.1 Å². The van der Waals surface area contributed by atoms with Crippen LogP contribution in [-0.4, -0.2) is 27.7 Å². The van der Waals surface area contributed by atoms with Crippen LogP contribution in [0.25, 0.3) is 0 Å². The fraction of sp³-hybridized carbons (Fsp3) is 0.538. The van der Waals surface area contributed by atoms with E-state index in [1.165, 1.54) is 12.8 Å². The third-order valence-electron chi connectivity index (χ3n) is 3.48. The first-order valence-corrected chi connectivity index (χ1v) is 8.22. The summed E-state index contributed by atoms with van der Waals surface area (Å²) >= 11 is 0. The molecule has 2 unspecified atom stereocenters. The van der Waals surface area contributed by atoms with E-state index in [9.17, 15) is 8.42 Å². The van der Waals surface area contributed by atoms with Gasteiger partial charge in [0.2, 0.25) is 0 Å². The standard InChI is InChI=1S/C13H21N3O3S/c1-19-13-8-3-2-7-12(13)15-10-5-4-6-11(9-10)16-20(14,17)18/h4-6,9,12-13,15-16H,2-3,7-8H2,1H3,(H2,14,17,18). The van der Waals surface area contributed by atoms with Crippen LogP contribution in [0.3, 0.4) is 0 Å². The second kappa shape index (κ2) is 6.43. The Labute approximate surface area is 119 Å². The SMILES string of the molecule is COC1CCCCC1Nc1cccc(NS(N)(=O)=O)c1. The summed E-state index contributed by atoms with van der Waals surface area (Å²) in [5.74, 6) is 0. The number of hydrogen-bond donors (Lipinski definition) is 3. The predicted octanol–water partition coefficient (Wildman–Crippen LogP) is 1.67. The van der Waals surface area contributed by atoms with Gasteiger partial charge in [0.15, 0.2) is 0 Å². The van der Waals surface area contributed by atoms with Crippen molar-refractivity contribution in [3.05, 3.63) is 24.3 Å². The maximum absolute atomic E-state index is 11.0.